The van der Waals surface area contributed by atoms with Gasteiger partial charge in [0.2, 0.25) is 5.91 Å². The maximum atomic E-state index is 12.2. The summed E-state index contributed by atoms with van der Waals surface area (Å²) in [7, 11) is 1.85. The van der Waals surface area contributed by atoms with Crippen molar-refractivity contribution in [3.8, 4) is 0 Å². The van der Waals surface area contributed by atoms with Crippen LogP contribution in [0.4, 0.5) is 0 Å². The van der Waals surface area contributed by atoms with Crippen LogP contribution in [0.5, 0.6) is 0 Å². The van der Waals surface area contributed by atoms with Crippen molar-refractivity contribution in [1.82, 2.24) is 15.8 Å². The number of nitrogens with zero attached hydrogens (tertiary/aromatic N) is 1. The zero-order valence-electron chi connectivity index (χ0n) is 14.9. The van der Waals surface area contributed by atoms with Gasteiger partial charge in [-0.15, -0.1) is 0 Å². The maximum absolute atomic E-state index is 12.2. The molecule has 2 atom stereocenters. The largest absolute Gasteiger partial charge is 0.346 e. The second-order valence-corrected chi connectivity index (χ2v) is 6.78. The lowest BCUT2D eigenvalue weighted by atomic mass is 9.93. The Morgan fingerprint density at radius 2 is 1.67 bits per heavy atom. The summed E-state index contributed by atoms with van der Waals surface area (Å²) in [6.45, 7) is 5.09. The molecule has 1 heterocycles. The van der Waals surface area contributed by atoms with Gasteiger partial charge in [0.15, 0.2) is 5.78 Å². The molecule has 0 radical (unpaired) electrons. The molecule has 1 aromatic rings. The van der Waals surface area contributed by atoms with E-state index in [-0.39, 0.29) is 11.7 Å². The third-order valence-electron chi connectivity index (χ3n) is 4.94. The molecule has 5 nitrogen and oxygen atoms in total. The molecule has 1 aromatic carbocycles. The summed E-state index contributed by atoms with van der Waals surface area (Å²) in [5.41, 5.74) is 7.21. The highest BCUT2D eigenvalue weighted by molar-refractivity contribution is 5.96. The van der Waals surface area contributed by atoms with E-state index in [9.17, 15) is 9.59 Å². The van der Waals surface area contributed by atoms with Gasteiger partial charge >= 0.3 is 0 Å². The Labute approximate surface area is 144 Å². The maximum Gasteiger partial charge on any atom is 0.222 e. The lowest BCUT2D eigenvalue weighted by Crippen LogP contribution is -2.32. The van der Waals surface area contributed by atoms with Crippen LogP contribution in [0.2, 0.25) is 0 Å². The lowest BCUT2D eigenvalue weighted by Gasteiger charge is -2.22. The van der Waals surface area contributed by atoms with E-state index in [1.165, 1.54) is 0 Å². The first-order valence-corrected chi connectivity index (χ1v) is 8.82. The van der Waals surface area contributed by atoms with Crippen molar-refractivity contribution in [2.45, 2.75) is 51.6 Å². The molecule has 0 aromatic heterocycles. The Hall–Kier alpha value is -1.72. The molecule has 2 rings (SSSR count). The van der Waals surface area contributed by atoms with Crippen LogP contribution in [-0.4, -0.2) is 42.3 Å². The molecule has 1 fully saturated rings. The first-order valence-electron chi connectivity index (χ1n) is 8.82. The minimum Gasteiger partial charge on any atom is -0.346 e. The van der Waals surface area contributed by atoms with Gasteiger partial charge in [-0.1, -0.05) is 30.3 Å². The predicted octanol–water partition coefficient (Wildman–Crippen LogP) is 2.39. The number of carbonyl (C=O) groups excluding carboxylic acids is 2. The minimum absolute atomic E-state index is 0.108. The molecule has 132 valence electrons. The van der Waals surface area contributed by atoms with Crippen molar-refractivity contribution in [1.29, 1.82) is 0 Å². The van der Waals surface area contributed by atoms with Crippen LogP contribution in [-0.2, 0) is 4.79 Å². The van der Waals surface area contributed by atoms with Crippen LogP contribution >= 0.6 is 0 Å². The SMILES string of the molecule is CC1NNC(C)C1CCN(C)C(=O)CCCC(=O)c1ccccc1. The van der Waals surface area contributed by atoms with Gasteiger partial charge in [0.05, 0.1) is 0 Å². The molecule has 0 bridgehead atoms. The number of benzene rings is 1. The minimum atomic E-state index is 0.108. The van der Waals surface area contributed by atoms with Crippen LogP contribution in [0.3, 0.4) is 0 Å². The van der Waals surface area contributed by atoms with Gasteiger partial charge < -0.3 is 4.90 Å². The molecular formula is C19H29N3O2. The zero-order chi connectivity index (χ0) is 17.5. The first kappa shape index (κ1) is 18.6. The third-order valence-corrected chi connectivity index (χ3v) is 4.94. The number of Topliss-reactive ketones (excluding diaryl/α,β-unsaturated/α-hetero) is 1. The standard InChI is InChI=1S/C19H29N3O2/c1-14-17(15(2)21-20-14)12-13-22(3)19(24)11-7-10-18(23)16-8-5-4-6-9-16/h4-6,8-9,14-15,17,20-21H,7,10-13H2,1-3H3. The van der Waals surface area contributed by atoms with Crippen molar-refractivity contribution in [3.63, 3.8) is 0 Å². The summed E-state index contributed by atoms with van der Waals surface area (Å²) >= 11 is 0. The van der Waals surface area contributed by atoms with E-state index >= 15 is 0 Å². The van der Waals surface area contributed by atoms with Gasteiger partial charge in [-0.2, -0.15) is 0 Å². The van der Waals surface area contributed by atoms with E-state index in [2.05, 4.69) is 24.7 Å². The molecule has 0 aliphatic carbocycles. The highest BCUT2D eigenvalue weighted by atomic mass is 16.2. The van der Waals surface area contributed by atoms with Crippen LogP contribution in [0, 0.1) is 5.92 Å². The average Bonchev–Trinajstić information content (AvgIpc) is 2.91. The van der Waals surface area contributed by atoms with E-state index in [0.717, 1.165) is 18.5 Å². The second-order valence-electron chi connectivity index (χ2n) is 6.78. The second kappa shape index (κ2) is 8.94. The smallest absolute Gasteiger partial charge is 0.222 e. The lowest BCUT2D eigenvalue weighted by molar-refractivity contribution is -0.130. The summed E-state index contributed by atoms with van der Waals surface area (Å²) < 4.78 is 0. The Kier molecular flexibility index (Phi) is 6.94. The number of hydrogen-bond acceptors (Lipinski definition) is 4. The molecular weight excluding hydrogens is 302 g/mol. The highest BCUT2D eigenvalue weighted by Crippen LogP contribution is 2.18. The molecule has 5 heteroatoms. The Morgan fingerprint density at radius 3 is 2.29 bits per heavy atom. The van der Waals surface area contributed by atoms with E-state index in [1.807, 2.05) is 37.4 Å². The quantitative estimate of drug-likeness (QED) is 0.718. The number of hydrazine groups is 1. The van der Waals surface area contributed by atoms with Gasteiger partial charge in [0, 0.05) is 44.1 Å². The van der Waals surface area contributed by atoms with Crippen LogP contribution in [0.25, 0.3) is 0 Å². The Morgan fingerprint density at radius 1 is 1.04 bits per heavy atom. The Bertz CT molecular complexity index is 537. The van der Waals surface area contributed by atoms with Gasteiger partial charge in [0.25, 0.3) is 0 Å². The fraction of sp³-hybridized carbons (Fsp3) is 0.579. The molecule has 1 amide bonds. The van der Waals surface area contributed by atoms with Crippen molar-refractivity contribution in [2.24, 2.45) is 5.92 Å². The number of nitrogens with one attached hydrogen (secondary N) is 2. The molecule has 0 saturated carbocycles. The van der Waals surface area contributed by atoms with Crippen LogP contribution < -0.4 is 10.9 Å². The molecule has 0 spiro atoms. The number of amides is 1. The van der Waals surface area contributed by atoms with Crippen molar-refractivity contribution < 1.29 is 9.59 Å². The fourth-order valence-corrected chi connectivity index (χ4v) is 3.24. The number of carbonyl (C=O) groups is 2. The summed E-state index contributed by atoms with van der Waals surface area (Å²) in [5, 5.41) is 0. The Balaban J connectivity index is 1.67. The molecule has 1 aliphatic rings. The van der Waals surface area contributed by atoms with Crippen LogP contribution in [0.15, 0.2) is 30.3 Å². The first-order chi connectivity index (χ1) is 11.5. The number of hydrogen-bond donors (Lipinski definition) is 2. The van der Waals surface area contributed by atoms with Gasteiger partial charge in [-0.05, 0) is 32.6 Å². The van der Waals surface area contributed by atoms with Gasteiger partial charge in [-0.3, -0.25) is 20.4 Å². The summed E-state index contributed by atoms with van der Waals surface area (Å²) in [5.74, 6) is 0.756. The third kappa shape index (κ3) is 5.14. The molecule has 1 saturated heterocycles. The summed E-state index contributed by atoms with van der Waals surface area (Å²) in [6, 6.07) is 10.1. The fourth-order valence-electron chi connectivity index (χ4n) is 3.24. The van der Waals surface area contributed by atoms with Crippen LogP contribution in [0.1, 0.15) is 49.9 Å². The highest BCUT2D eigenvalue weighted by Gasteiger charge is 2.29. The van der Waals surface area contributed by atoms with Crippen molar-refractivity contribution in [3.05, 3.63) is 35.9 Å². The molecule has 2 unspecified atom stereocenters. The van der Waals surface area contributed by atoms with Gasteiger partial charge in [0.1, 0.15) is 0 Å². The monoisotopic (exact) mass is 331 g/mol. The van der Waals surface area contributed by atoms with E-state index in [0.29, 0.717) is 37.3 Å². The van der Waals surface area contributed by atoms with E-state index in [4.69, 9.17) is 0 Å². The molecule has 24 heavy (non-hydrogen) atoms. The molecule has 2 N–H and O–H groups in total. The van der Waals surface area contributed by atoms with Crippen molar-refractivity contribution >= 4 is 11.7 Å². The molecule has 1 aliphatic heterocycles. The average molecular weight is 331 g/mol. The number of rotatable bonds is 8. The van der Waals surface area contributed by atoms with Crippen molar-refractivity contribution in [2.75, 3.05) is 13.6 Å². The predicted molar refractivity (Wildman–Crippen MR) is 95.6 cm³/mol. The normalized spacial score (nSPS) is 23.2. The van der Waals surface area contributed by atoms with E-state index < -0.39 is 0 Å². The van der Waals surface area contributed by atoms with E-state index in [1.54, 1.807) is 4.90 Å². The summed E-state index contributed by atoms with van der Waals surface area (Å²) in [4.78, 5) is 26.0. The topological polar surface area (TPSA) is 61.4 Å². The zero-order valence-corrected chi connectivity index (χ0v) is 14.9. The summed E-state index contributed by atoms with van der Waals surface area (Å²) in [6.07, 6.45) is 2.44. The number of ketones is 1. The van der Waals surface area contributed by atoms with Gasteiger partial charge in [-0.25, -0.2) is 0 Å².